The van der Waals surface area contributed by atoms with Crippen LogP contribution in [0, 0.1) is 0 Å². The molecule has 0 aliphatic heterocycles. The van der Waals surface area contributed by atoms with Crippen molar-refractivity contribution in [3.05, 3.63) is 78.2 Å². The molecule has 0 unspecified atom stereocenters. The van der Waals surface area contributed by atoms with Crippen LogP contribution in [0.15, 0.2) is 71.3 Å². The summed E-state index contributed by atoms with van der Waals surface area (Å²) < 4.78 is 10.5. The lowest BCUT2D eigenvalue weighted by Crippen LogP contribution is -2.26. The largest absolute Gasteiger partial charge is 0.497 e. The number of carbonyl (C=O) groups is 1. The molecule has 0 spiro atoms. The number of methoxy groups -OCH3 is 1. The van der Waals surface area contributed by atoms with E-state index in [9.17, 15) is 4.79 Å². The van der Waals surface area contributed by atoms with Crippen LogP contribution in [0.1, 0.15) is 16.2 Å². The van der Waals surface area contributed by atoms with Crippen molar-refractivity contribution in [2.24, 2.45) is 0 Å². The second kappa shape index (κ2) is 7.52. The normalized spacial score (nSPS) is 10.8. The molecule has 0 bridgehead atoms. The maximum atomic E-state index is 12.9. The molecule has 0 radical (unpaired) electrons. The fraction of sp³-hybridized carbons (Fsp3) is 0.136. The molecule has 0 saturated carbocycles. The number of benzene rings is 3. The van der Waals surface area contributed by atoms with Gasteiger partial charge >= 0.3 is 0 Å². The highest BCUT2D eigenvalue weighted by molar-refractivity contribution is 6.06. The average Bonchev–Trinajstić information content (AvgIpc) is 3.21. The third-order valence-electron chi connectivity index (χ3n) is 4.56. The lowest BCUT2D eigenvalue weighted by molar-refractivity contribution is 0.0771. The van der Waals surface area contributed by atoms with Gasteiger partial charge in [-0.05, 0) is 41.1 Å². The van der Waals surface area contributed by atoms with Crippen LogP contribution in [0.25, 0.3) is 22.2 Å². The highest BCUT2D eigenvalue weighted by Crippen LogP contribution is 2.22. The van der Waals surface area contributed by atoms with Crippen molar-refractivity contribution in [2.45, 2.75) is 6.54 Å². The summed E-state index contributed by atoms with van der Waals surface area (Å²) in [6.45, 7) is 0.227. The van der Waals surface area contributed by atoms with Gasteiger partial charge in [-0.2, -0.15) is 4.98 Å². The number of rotatable bonds is 5. The third kappa shape index (κ3) is 3.44. The number of hydrogen-bond acceptors (Lipinski definition) is 5. The highest BCUT2D eigenvalue weighted by Gasteiger charge is 2.18. The minimum atomic E-state index is -0.0963. The zero-order valence-electron chi connectivity index (χ0n) is 15.6. The molecular formula is C22H19N3O3. The summed E-state index contributed by atoms with van der Waals surface area (Å²) in [5.41, 5.74) is 1.47. The molecule has 1 heterocycles. The van der Waals surface area contributed by atoms with Crippen molar-refractivity contribution in [3.63, 3.8) is 0 Å². The SMILES string of the molecule is COc1ccc(-c2noc(CN(C)C(=O)c3cccc4ccccc34)n2)cc1. The lowest BCUT2D eigenvalue weighted by Gasteiger charge is -2.16. The van der Waals surface area contributed by atoms with Crippen molar-refractivity contribution in [2.75, 3.05) is 14.2 Å². The Balaban J connectivity index is 1.52. The Labute approximate surface area is 162 Å². The van der Waals surface area contributed by atoms with Crippen molar-refractivity contribution in [3.8, 4) is 17.1 Å². The van der Waals surface area contributed by atoms with Crippen molar-refractivity contribution in [1.82, 2.24) is 15.0 Å². The molecule has 1 amide bonds. The van der Waals surface area contributed by atoms with Crippen LogP contribution in [0.2, 0.25) is 0 Å². The number of aromatic nitrogens is 2. The first-order chi connectivity index (χ1) is 13.7. The van der Waals surface area contributed by atoms with E-state index in [1.54, 1.807) is 19.1 Å². The maximum absolute atomic E-state index is 12.9. The molecule has 0 atom stereocenters. The minimum absolute atomic E-state index is 0.0963. The van der Waals surface area contributed by atoms with Crippen LogP contribution in [-0.2, 0) is 6.54 Å². The van der Waals surface area contributed by atoms with E-state index < -0.39 is 0 Å². The fourth-order valence-corrected chi connectivity index (χ4v) is 3.07. The van der Waals surface area contributed by atoms with Gasteiger partial charge in [-0.25, -0.2) is 0 Å². The molecular weight excluding hydrogens is 354 g/mol. The molecule has 4 rings (SSSR count). The Hall–Kier alpha value is -3.67. The summed E-state index contributed by atoms with van der Waals surface area (Å²) in [5.74, 6) is 1.51. The molecule has 28 heavy (non-hydrogen) atoms. The summed E-state index contributed by atoms with van der Waals surface area (Å²) in [5, 5.41) is 5.96. The van der Waals surface area contributed by atoms with Gasteiger partial charge in [0.05, 0.1) is 13.7 Å². The highest BCUT2D eigenvalue weighted by atomic mass is 16.5. The van der Waals surface area contributed by atoms with E-state index >= 15 is 0 Å². The summed E-state index contributed by atoms with van der Waals surface area (Å²) in [7, 11) is 3.34. The Kier molecular flexibility index (Phi) is 4.76. The van der Waals surface area contributed by atoms with Gasteiger partial charge in [0.2, 0.25) is 11.7 Å². The van der Waals surface area contributed by atoms with E-state index in [1.165, 1.54) is 0 Å². The smallest absolute Gasteiger partial charge is 0.254 e. The van der Waals surface area contributed by atoms with Gasteiger partial charge in [0.25, 0.3) is 5.91 Å². The van der Waals surface area contributed by atoms with Gasteiger partial charge in [-0.1, -0.05) is 41.6 Å². The Bertz CT molecular complexity index is 1110. The van der Waals surface area contributed by atoms with Gasteiger partial charge in [0.15, 0.2) is 0 Å². The van der Waals surface area contributed by atoms with Crippen LogP contribution in [0.3, 0.4) is 0 Å². The lowest BCUT2D eigenvalue weighted by atomic mass is 10.0. The Morgan fingerprint density at radius 2 is 1.79 bits per heavy atom. The first-order valence-electron chi connectivity index (χ1n) is 8.86. The van der Waals surface area contributed by atoms with Crippen molar-refractivity contribution < 1.29 is 14.1 Å². The Morgan fingerprint density at radius 3 is 2.57 bits per heavy atom. The molecule has 3 aromatic carbocycles. The van der Waals surface area contributed by atoms with Crippen LogP contribution >= 0.6 is 0 Å². The molecule has 6 heteroatoms. The zero-order chi connectivity index (χ0) is 19.5. The van der Waals surface area contributed by atoms with E-state index in [0.29, 0.717) is 17.3 Å². The first kappa shape index (κ1) is 17.7. The number of nitrogens with zero attached hydrogens (tertiary/aromatic N) is 3. The number of carbonyl (C=O) groups excluding carboxylic acids is 1. The van der Waals surface area contributed by atoms with E-state index in [-0.39, 0.29) is 12.5 Å². The summed E-state index contributed by atoms with van der Waals surface area (Å²) >= 11 is 0. The van der Waals surface area contributed by atoms with E-state index in [1.807, 2.05) is 66.7 Å². The van der Waals surface area contributed by atoms with E-state index in [2.05, 4.69) is 10.1 Å². The maximum Gasteiger partial charge on any atom is 0.254 e. The summed E-state index contributed by atoms with van der Waals surface area (Å²) in [6.07, 6.45) is 0. The third-order valence-corrected chi connectivity index (χ3v) is 4.56. The topological polar surface area (TPSA) is 68.5 Å². The second-order valence-corrected chi connectivity index (χ2v) is 6.43. The predicted molar refractivity (Wildman–Crippen MR) is 106 cm³/mol. The summed E-state index contributed by atoms with van der Waals surface area (Å²) in [4.78, 5) is 18.9. The number of fused-ring (bicyclic) bond motifs is 1. The number of hydrogen-bond donors (Lipinski definition) is 0. The van der Waals surface area contributed by atoms with Gasteiger partial charge in [-0.15, -0.1) is 0 Å². The molecule has 0 saturated heterocycles. The number of amides is 1. The van der Waals surface area contributed by atoms with Crippen molar-refractivity contribution >= 4 is 16.7 Å². The molecule has 140 valence electrons. The van der Waals surface area contributed by atoms with Crippen LogP contribution in [0.4, 0.5) is 0 Å². The predicted octanol–water partition coefficient (Wildman–Crippen LogP) is 4.17. The zero-order valence-corrected chi connectivity index (χ0v) is 15.6. The second-order valence-electron chi connectivity index (χ2n) is 6.43. The molecule has 0 aliphatic carbocycles. The first-order valence-corrected chi connectivity index (χ1v) is 8.86. The molecule has 6 nitrogen and oxygen atoms in total. The molecule has 0 aliphatic rings. The van der Waals surface area contributed by atoms with E-state index in [0.717, 1.165) is 22.1 Å². The Morgan fingerprint density at radius 1 is 1.04 bits per heavy atom. The molecule has 4 aromatic rings. The van der Waals surface area contributed by atoms with Crippen LogP contribution in [-0.4, -0.2) is 35.1 Å². The standard InChI is InChI=1S/C22H19N3O3/c1-25(22(26)19-9-5-7-15-6-3-4-8-18(15)19)14-20-23-21(24-28-20)16-10-12-17(27-2)13-11-16/h3-13H,14H2,1-2H3. The minimum Gasteiger partial charge on any atom is -0.497 e. The van der Waals surface area contributed by atoms with Crippen LogP contribution in [0.5, 0.6) is 5.75 Å². The van der Waals surface area contributed by atoms with Gasteiger partial charge < -0.3 is 14.2 Å². The summed E-state index contributed by atoms with van der Waals surface area (Å²) in [6, 6.07) is 20.9. The van der Waals surface area contributed by atoms with Gasteiger partial charge in [0, 0.05) is 18.2 Å². The monoisotopic (exact) mass is 373 g/mol. The molecule has 0 N–H and O–H groups in total. The van der Waals surface area contributed by atoms with Crippen LogP contribution < -0.4 is 4.74 Å². The fourth-order valence-electron chi connectivity index (χ4n) is 3.07. The van der Waals surface area contributed by atoms with Gasteiger partial charge in [0.1, 0.15) is 5.75 Å². The molecule has 0 fully saturated rings. The quantitative estimate of drug-likeness (QED) is 0.525. The molecule has 1 aromatic heterocycles. The van der Waals surface area contributed by atoms with Gasteiger partial charge in [-0.3, -0.25) is 4.79 Å². The van der Waals surface area contributed by atoms with Crippen molar-refractivity contribution in [1.29, 1.82) is 0 Å². The number of ether oxygens (including phenoxy) is 1. The van der Waals surface area contributed by atoms with E-state index in [4.69, 9.17) is 9.26 Å². The average molecular weight is 373 g/mol.